The molecule has 1 unspecified atom stereocenters. The minimum absolute atomic E-state index is 0.0368. The summed E-state index contributed by atoms with van der Waals surface area (Å²) in [6.07, 6.45) is -5.12. The molecule has 2 fully saturated rings. The average molecular weight is 589 g/mol. The summed E-state index contributed by atoms with van der Waals surface area (Å²) in [4.78, 5) is 31.1. The van der Waals surface area contributed by atoms with E-state index in [-0.39, 0.29) is 17.9 Å². The summed E-state index contributed by atoms with van der Waals surface area (Å²) in [5.41, 5.74) is -2.47. The Kier molecular flexibility index (Phi) is 9.37. The number of nitro groups is 1. The predicted octanol–water partition coefficient (Wildman–Crippen LogP) is 5.03. The average Bonchev–Trinajstić information content (AvgIpc) is 2.93. The molecule has 1 atom stereocenters. The normalized spacial score (nSPS) is 18.7. The predicted molar refractivity (Wildman–Crippen MR) is 138 cm³/mol. The number of pyridine rings is 1. The molecule has 4 rings (SSSR count). The van der Waals surface area contributed by atoms with Gasteiger partial charge in [-0.3, -0.25) is 19.9 Å². The van der Waals surface area contributed by atoms with Crippen LogP contribution in [0, 0.1) is 10.1 Å². The van der Waals surface area contributed by atoms with Crippen molar-refractivity contribution in [2.75, 3.05) is 49.5 Å². The van der Waals surface area contributed by atoms with Crippen LogP contribution in [0.25, 0.3) is 0 Å². The standard InChI is InChI=1S/C26H30F6N6O3/c27-25(28,29)21-16-19(3-5-22(21)38(40)41)34-18-7-9-36(10-8-18)24(2-1-15-39)37-13-11-35(12-14-37)20-4-6-23(33-17-20)26(30,31)32/h3-6,15-18,24,34H,1-2,7-14H2. The second kappa shape index (κ2) is 12.6. The number of aromatic nitrogens is 1. The van der Waals surface area contributed by atoms with Gasteiger partial charge in [-0.05, 0) is 43.5 Å². The quantitative estimate of drug-likeness (QED) is 0.189. The molecule has 0 spiro atoms. The zero-order valence-corrected chi connectivity index (χ0v) is 22.0. The van der Waals surface area contributed by atoms with Crippen LogP contribution < -0.4 is 10.2 Å². The summed E-state index contributed by atoms with van der Waals surface area (Å²) in [6.45, 7) is 3.67. The zero-order valence-electron chi connectivity index (χ0n) is 22.0. The zero-order chi connectivity index (χ0) is 29.8. The molecule has 0 amide bonds. The molecule has 0 aliphatic carbocycles. The third-order valence-corrected chi connectivity index (χ3v) is 7.50. The minimum Gasteiger partial charge on any atom is -0.382 e. The highest BCUT2D eigenvalue weighted by molar-refractivity contribution is 5.55. The number of carbonyl (C=O) groups excluding carboxylic acids is 1. The molecule has 2 aliphatic rings. The molecule has 2 saturated heterocycles. The fourth-order valence-corrected chi connectivity index (χ4v) is 5.42. The highest BCUT2D eigenvalue weighted by atomic mass is 19.4. The Balaban J connectivity index is 1.34. The van der Waals surface area contributed by atoms with Crippen LogP contribution in [0.3, 0.4) is 0 Å². The van der Waals surface area contributed by atoms with Crippen molar-refractivity contribution in [3.05, 3.63) is 57.9 Å². The van der Waals surface area contributed by atoms with E-state index in [1.54, 1.807) is 0 Å². The number of nitrogens with zero attached hydrogens (tertiary/aromatic N) is 5. The summed E-state index contributed by atoms with van der Waals surface area (Å²) < 4.78 is 78.6. The Morgan fingerprint density at radius 2 is 1.63 bits per heavy atom. The number of hydrogen-bond donors (Lipinski definition) is 1. The Hall–Kier alpha value is -3.46. The smallest absolute Gasteiger partial charge is 0.382 e. The van der Waals surface area contributed by atoms with Crippen LogP contribution in [0.4, 0.5) is 43.4 Å². The lowest BCUT2D eigenvalue weighted by Crippen LogP contribution is -2.58. The first-order chi connectivity index (χ1) is 19.4. The molecule has 0 saturated carbocycles. The first-order valence-corrected chi connectivity index (χ1v) is 13.2. The van der Waals surface area contributed by atoms with E-state index in [4.69, 9.17) is 0 Å². The van der Waals surface area contributed by atoms with Gasteiger partial charge in [-0.25, -0.2) is 4.98 Å². The largest absolute Gasteiger partial charge is 0.433 e. The number of aldehydes is 1. The van der Waals surface area contributed by atoms with Gasteiger partial charge in [-0.2, -0.15) is 26.3 Å². The van der Waals surface area contributed by atoms with E-state index >= 15 is 0 Å². The van der Waals surface area contributed by atoms with Gasteiger partial charge >= 0.3 is 12.4 Å². The molecule has 1 N–H and O–H groups in total. The maximum absolute atomic E-state index is 13.4. The number of benzene rings is 1. The number of carbonyl (C=O) groups is 1. The van der Waals surface area contributed by atoms with E-state index in [1.807, 2.05) is 4.90 Å². The van der Waals surface area contributed by atoms with Crippen molar-refractivity contribution < 1.29 is 36.1 Å². The maximum Gasteiger partial charge on any atom is 0.433 e. The van der Waals surface area contributed by atoms with E-state index in [2.05, 4.69) is 20.1 Å². The third-order valence-electron chi connectivity index (χ3n) is 7.50. The van der Waals surface area contributed by atoms with Gasteiger partial charge in [0.25, 0.3) is 5.69 Å². The Labute approximate surface area is 232 Å². The second-order valence-corrected chi connectivity index (χ2v) is 10.1. The molecule has 1 aromatic heterocycles. The number of halogens is 6. The number of anilines is 2. The Morgan fingerprint density at radius 3 is 2.17 bits per heavy atom. The molecular weight excluding hydrogens is 558 g/mol. The lowest BCUT2D eigenvalue weighted by molar-refractivity contribution is -0.388. The lowest BCUT2D eigenvalue weighted by Gasteiger charge is -2.46. The molecule has 224 valence electrons. The molecule has 0 radical (unpaired) electrons. The van der Waals surface area contributed by atoms with Gasteiger partial charge in [0, 0.05) is 63.5 Å². The van der Waals surface area contributed by atoms with E-state index in [0.717, 1.165) is 24.5 Å². The number of alkyl halides is 6. The summed E-state index contributed by atoms with van der Waals surface area (Å²) in [7, 11) is 0. The molecule has 41 heavy (non-hydrogen) atoms. The van der Waals surface area contributed by atoms with Crippen molar-refractivity contribution in [2.24, 2.45) is 0 Å². The highest BCUT2D eigenvalue weighted by Gasteiger charge is 2.39. The number of rotatable bonds is 9. The minimum atomic E-state index is -4.86. The van der Waals surface area contributed by atoms with E-state index in [0.29, 0.717) is 70.6 Å². The summed E-state index contributed by atoms with van der Waals surface area (Å²) in [6, 6.07) is 5.14. The fourth-order valence-electron chi connectivity index (χ4n) is 5.42. The number of piperidine rings is 1. The molecule has 3 heterocycles. The monoisotopic (exact) mass is 588 g/mol. The highest BCUT2D eigenvalue weighted by Crippen LogP contribution is 2.38. The van der Waals surface area contributed by atoms with Crippen LogP contribution in [0.2, 0.25) is 0 Å². The van der Waals surface area contributed by atoms with Crippen LogP contribution in [-0.2, 0) is 17.1 Å². The van der Waals surface area contributed by atoms with Crippen molar-refractivity contribution in [3.63, 3.8) is 0 Å². The number of likely N-dealkylation sites (tertiary alicyclic amines) is 1. The Bertz CT molecular complexity index is 1190. The SMILES string of the molecule is O=CCCC(N1CCC(Nc2ccc([N+](=O)[O-])c(C(F)(F)F)c2)CC1)N1CCN(c2ccc(C(F)(F)F)nc2)CC1. The van der Waals surface area contributed by atoms with E-state index in [1.165, 1.54) is 18.3 Å². The van der Waals surface area contributed by atoms with Gasteiger partial charge in [0.15, 0.2) is 0 Å². The second-order valence-electron chi connectivity index (χ2n) is 10.1. The molecule has 1 aromatic carbocycles. The molecule has 2 aliphatic heterocycles. The van der Waals surface area contributed by atoms with Crippen LogP contribution in [0.15, 0.2) is 36.5 Å². The van der Waals surface area contributed by atoms with Crippen LogP contribution in [0.1, 0.15) is 36.9 Å². The number of hydrogen-bond acceptors (Lipinski definition) is 8. The summed E-state index contributed by atoms with van der Waals surface area (Å²) in [5, 5.41) is 14.1. The van der Waals surface area contributed by atoms with Crippen molar-refractivity contribution in [1.29, 1.82) is 0 Å². The Morgan fingerprint density at radius 1 is 0.976 bits per heavy atom. The molecule has 15 heteroatoms. The number of piperazine rings is 1. The van der Waals surface area contributed by atoms with Gasteiger partial charge in [-0.15, -0.1) is 0 Å². The van der Waals surface area contributed by atoms with Crippen LogP contribution in [-0.4, -0.2) is 77.5 Å². The first kappa shape index (κ1) is 30.5. The van der Waals surface area contributed by atoms with Gasteiger partial charge in [-0.1, -0.05) is 0 Å². The molecule has 2 aromatic rings. The first-order valence-electron chi connectivity index (χ1n) is 13.2. The fraction of sp³-hybridized carbons (Fsp3) is 0.538. The van der Waals surface area contributed by atoms with Crippen molar-refractivity contribution in [3.8, 4) is 0 Å². The third kappa shape index (κ3) is 7.64. The summed E-state index contributed by atoms with van der Waals surface area (Å²) in [5.74, 6) is 0. The van der Waals surface area contributed by atoms with Gasteiger partial charge in [0.05, 0.1) is 23.0 Å². The van der Waals surface area contributed by atoms with Crippen LogP contribution in [0.5, 0.6) is 0 Å². The number of nitrogens with one attached hydrogen (secondary N) is 1. The molecule has 9 nitrogen and oxygen atoms in total. The van der Waals surface area contributed by atoms with E-state index < -0.39 is 34.2 Å². The van der Waals surface area contributed by atoms with Gasteiger partial charge in [0.2, 0.25) is 0 Å². The van der Waals surface area contributed by atoms with Gasteiger partial charge < -0.3 is 15.0 Å². The van der Waals surface area contributed by atoms with Crippen molar-refractivity contribution in [1.82, 2.24) is 14.8 Å². The van der Waals surface area contributed by atoms with Crippen molar-refractivity contribution >= 4 is 23.3 Å². The number of nitro benzene ring substituents is 1. The van der Waals surface area contributed by atoms with E-state index in [9.17, 15) is 41.3 Å². The lowest BCUT2D eigenvalue weighted by atomic mass is 10.0. The van der Waals surface area contributed by atoms with Crippen LogP contribution >= 0.6 is 0 Å². The molecule has 0 bridgehead atoms. The van der Waals surface area contributed by atoms with Gasteiger partial charge in [0.1, 0.15) is 17.5 Å². The topological polar surface area (TPSA) is 94.8 Å². The molecular formula is C26H30F6N6O3. The maximum atomic E-state index is 13.4. The summed E-state index contributed by atoms with van der Waals surface area (Å²) >= 11 is 0. The van der Waals surface area contributed by atoms with Crippen molar-refractivity contribution in [2.45, 2.75) is 50.2 Å².